The molecular formula is C13H23N3O. The van der Waals surface area contributed by atoms with Crippen molar-refractivity contribution in [2.45, 2.75) is 38.8 Å². The number of nitrogens with one attached hydrogen (secondary N) is 2. The van der Waals surface area contributed by atoms with Gasteiger partial charge in [0, 0.05) is 38.6 Å². The van der Waals surface area contributed by atoms with Crippen LogP contribution in [0.4, 0.5) is 0 Å². The first-order valence-electron chi connectivity index (χ1n) is 5.99. The normalized spacial score (nSPS) is 26.9. The van der Waals surface area contributed by atoms with E-state index in [0.717, 1.165) is 18.9 Å². The van der Waals surface area contributed by atoms with Gasteiger partial charge in [0.2, 0.25) is 0 Å². The van der Waals surface area contributed by atoms with Crippen LogP contribution in [0.5, 0.6) is 0 Å². The SMILES string of the molecule is C#CCCNC(=NC)NC1CC(OC)C1(C)C. The Morgan fingerprint density at radius 1 is 1.59 bits per heavy atom. The van der Waals surface area contributed by atoms with Crippen LogP contribution in [-0.2, 0) is 4.74 Å². The fourth-order valence-corrected chi connectivity index (χ4v) is 2.14. The first-order chi connectivity index (χ1) is 8.06. The third kappa shape index (κ3) is 3.13. The largest absolute Gasteiger partial charge is 0.381 e. The second kappa shape index (κ2) is 5.92. The third-order valence-electron chi connectivity index (χ3n) is 3.56. The molecule has 4 heteroatoms. The second-order valence-corrected chi connectivity index (χ2v) is 4.93. The van der Waals surface area contributed by atoms with E-state index in [0.29, 0.717) is 18.6 Å². The van der Waals surface area contributed by atoms with Gasteiger partial charge in [-0.1, -0.05) is 13.8 Å². The number of nitrogens with zero attached hydrogens (tertiary/aromatic N) is 1. The van der Waals surface area contributed by atoms with E-state index in [-0.39, 0.29) is 5.41 Å². The smallest absolute Gasteiger partial charge is 0.191 e. The van der Waals surface area contributed by atoms with Crippen LogP contribution in [0.15, 0.2) is 4.99 Å². The van der Waals surface area contributed by atoms with Gasteiger partial charge in [0.15, 0.2) is 5.96 Å². The van der Waals surface area contributed by atoms with Gasteiger partial charge in [-0.15, -0.1) is 12.3 Å². The molecule has 2 unspecified atom stereocenters. The van der Waals surface area contributed by atoms with Crippen molar-refractivity contribution >= 4 is 5.96 Å². The summed E-state index contributed by atoms with van der Waals surface area (Å²) in [6.07, 6.45) is 7.25. The summed E-state index contributed by atoms with van der Waals surface area (Å²) in [5.41, 5.74) is 0.137. The van der Waals surface area contributed by atoms with E-state index in [1.807, 2.05) is 0 Å². The van der Waals surface area contributed by atoms with E-state index in [1.54, 1.807) is 14.2 Å². The highest BCUT2D eigenvalue weighted by atomic mass is 16.5. The highest BCUT2D eigenvalue weighted by molar-refractivity contribution is 5.80. The summed E-state index contributed by atoms with van der Waals surface area (Å²) in [5, 5.41) is 6.60. The monoisotopic (exact) mass is 237 g/mol. The van der Waals surface area contributed by atoms with E-state index in [9.17, 15) is 0 Å². The van der Waals surface area contributed by atoms with E-state index < -0.39 is 0 Å². The Hall–Kier alpha value is -1.21. The average Bonchev–Trinajstić information content (AvgIpc) is 2.31. The van der Waals surface area contributed by atoms with Crippen LogP contribution in [0.3, 0.4) is 0 Å². The molecular weight excluding hydrogens is 214 g/mol. The van der Waals surface area contributed by atoms with Gasteiger partial charge < -0.3 is 15.4 Å². The van der Waals surface area contributed by atoms with Crippen LogP contribution in [0, 0.1) is 17.8 Å². The van der Waals surface area contributed by atoms with E-state index in [2.05, 4.69) is 35.4 Å². The van der Waals surface area contributed by atoms with Crippen LogP contribution < -0.4 is 10.6 Å². The molecule has 1 saturated carbocycles. The van der Waals surface area contributed by atoms with Gasteiger partial charge in [0.1, 0.15) is 0 Å². The molecule has 0 aliphatic heterocycles. The number of guanidine groups is 1. The number of ether oxygens (including phenoxy) is 1. The summed E-state index contributed by atoms with van der Waals surface area (Å²) < 4.78 is 5.42. The Morgan fingerprint density at radius 2 is 2.29 bits per heavy atom. The predicted molar refractivity (Wildman–Crippen MR) is 70.9 cm³/mol. The Labute approximate surface area is 104 Å². The van der Waals surface area contributed by atoms with E-state index >= 15 is 0 Å². The quantitative estimate of drug-likeness (QED) is 0.332. The van der Waals surface area contributed by atoms with Gasteiger partial charge in [-0.3, -0.25) is 4.99 Å². The third-order valence-corrected chi connectivity index (χ3v) is 3.56. The Kier molecular flexibility index (Phi) is 4.83. The van der Waals surface area contributed by atoms with Crippen LogP contribution >= 0.6 is 0 Å². The van der Waals surface area contributed by atoms with Crippen molar-refractivity contribution in [2.24, 2.45) is 10.4 Å². The minimum Gasteiger partial charge on any atom is -0.381 e. The number of hydrogen-bond donors (Lipinski definition) is 2. The number of methoxy groups -OCH3 is 1. The zero-order valence-corrected chi connectivity index (χ0v) is 11.2. The molecule has 1 fully saturated rings. The summed E-state index contributed by atoms with van der Waals surface area (Å²) in [6.45, 7) is 5.16. The molecule has 1 rings (SSSR count). The Balaban J connectivity index is 2.41. The number of rotatable bonds is 4. The van der Waals surface area contributed by atoms with Gasteiger partial charge in [0.25, 0.3) is 0 Å². The topological polar surface area (TPSA) is 45.7 Å². The molecule has 0 bridgehead atoms. The van der Waals surface area contributed by atoms with Crippen LogP contribution in [0.25, 0.3) is 0 Å². The maximum Gasteiger partial charge on any atom is 0.191 e. The lowest BCUT2D eigenvalue weighted by molar-refractivity contribution is -0.0922. The molecule has 0 aromatic carbocycles. The molecule has 2 N–H and O–H groups in total. The van der Waals surface area contributed by atoms with Crippen molar-refractivity contribution in [2.75, 3.05) is 20.7 Å². The summed E-state index contributed by atoms with van der Waals surface area (Å²) in [7, 11) is 3.54. The number of hydrogen-bond acceptors (Lipinski definition) is 2. The van der Waals surface area contributed by atoms with Crippen molar-refractivity contribution < 1.29 is 4.74 Å². The molecule has 0 aromatic rings. The summed E-state index contributed by atoms with van der Waals surface area (Å²) in [4.78, 5) is 4.18. The van der Waals surface area contributed by atoms with Gasteiger partial charge in [-0.2, -0.15) is 0 Å². The predicted octanol–water partition coefficient (Wildman–Crippen LogP) is 0.988. The summed E-state index contributed by atoms with van der Waals surface area (Å²) in [6, 6.07) is 0.393. The summed E-state index contributed by atoms with van der Waals surface area (Å²) in [5.74, 6) is 3.41. The zero-order chi connectivity index (χ0) is 12.9. The van der Waals surface area contributed by atoms with Crippen LogP contribution in [-0.4, -0.2) is 38.8 Å². The molecule has 4 nitrogen and oxygen atoms in total. The second-order valence-electron chi connectivity index (χ2n) is 4.93. The van der Waals surface area contributed by atoms with Gasteiger partial charge in [-0.05, 0) is 6.42 Å². The molecule has 0 radical (unpaired) electrons. The van der Waals surface area contributed by atoms with Gasteiger partial charge in [-0.25, -0.2) is 0 Å². The average molecular weight is 237 g/mol. The molecule has 1 aliphatic rings. The molecule has 0 heterocycles. The molecule has 1 aliphatic carbocycles. The number of terminal acetylenes is 1. The Morgan fingerprint density at radius 3 is 2.76 bits per heavy atom. The highest BCUT2D eigenvalue weighted by Gasteiger charge is 2.48. The maximum absolute atomic E-state index is 5.42. The molecule has 0 aromatic heterocycles. The minimum absolute atomic E-state index is 0.137. The van der Waals surface area contributed by atoms with Crippen molar-refractivity contribution in [1.29, 1.82) is 0 Å². The van der Waals surface area contributed by atoms with Crippen molar-refractivity contribution in [1.82, 2.24) is 10.6 Å². The first kappa shape index (κ1) is 13.9. The minimum atomic E-state index is 0.137. The van der Waals surface area contributed by atoms with Gasteiger partial charge >= 0.3 is 0 Å². The van der Waals surface area contributed by atoms with E-state index in [1.165, 1.54) is 0 Å². The van der Waals surface area contributed by atoms with Crippen LogP contribution in [0.2, 0.25) is 0 Å². The molecule has 96 valence electrons. The highest BCUT2D eigenvalue weighted by Crippen LogP contribution is 2.42. The molecule has 17 heavy (non-hydrogen) atoms. The fourth-order valence-electron chi connectivity index (χ4n) is 2.14. The number of aliphatic imine (C=N–C) groups is 1. The molecule has 2 atom stereocenters. The standard InChI is InChI=1S/C13H23N3O/c1-6-7-8-15-12(14-4)16-10-9-11(17-5)13(10,2)3/h1,10-11H,7-9H2,2-5H3,(H2,14,15,16). The molecule has 0 amide bonds. The maximum atomic E-state index is 5.42. The van der Waals surface area contributed by atoms with Gasteiger partial charge in [0.05, 0.1) is 6.10 Å². The lowest BCUT2D eigenvalue weighted by atomic mass is 9.64. The first-order valence-corrected chi connectivity index (χ1v) is 5.99. The Bertz CT molecular complexity index is 317. The lowest BCUT2D eigenvalue weighted by Gasteiger charge is -2.51. The van der Waals surface area contributed by atoms with Crippen LogP contribution in [0.1, 0.15) is 26.7 Å². The van der Waals surface area contributed by atoms with Crippen molar-refractivity contribution in [3.63, 3.8) is 0 Å². The van der Waals surface area contributed by atoms with Crippen molar-refractivity contribution in [3.05, 3.63) is 0 Å². The zero-order valence-electron chi connectivity index (χ0n) is 11.2. The summed E-state index contributed by atoms with van der Waals surface area (Å²) >= 11 is 0. The lowest BCUT2D eigenvalue weighted by Crippen LogP contribution is -2.63. The van der Waals surface area contributed by atoms with E-state index in [4.69, 9.17) is 11.2 Å². The molecule has 0 spiro atoms. The van der Waals surface area contributed by atoms with Crippen molar-refractivity contribution in [3.8, 4) is 12.3 Å². The fraction of sp³-hybridized carbons (Fsp3) is 0.769. The molecule has 0 saturated heterocycles.